The van der Waals surface area contributed by atoms with E-state index in [1.54, 1.807) is 0 Å². The maximum absolute atomic E-state index is 12.9. The van der Waals surface area contributed by atoms with Gasteiger partial charge in [0.05, 0.1) is 5.41 Å². The third-order valence-corrected chi connectivity index (χ3v) is 9.97. The molecule has 6 aliphatic rings. The molecule has 0 N–H and O–H groups in total. The summed E-state index contributed by atoms with van der Waals surface area (Å²) in [5, 5.41) is 0. The van der Waals surface area contributed by atoms with Gasteiger partial charge in [0.1, 0.15) is 19.8 Å². The second-order valence-corrected chi connectivity index (χ2v) is 12.3. The molecule has 0 aromatic rings. The molecule has 0 aromatic carbocycles. The van der Waals surface area contributed by atoms with Crippen LogP contribution in [0, 0.1) is 40.9 Å². The van der Waals surface area contributed by atoms with E-state index < -0.39 is 5.41 Å². The molecule has 0 aromatic heterocycles. The fourth-order valence-electron chi connectivity index (χ4n) is 7.56. The topological polar surface area (TPSA) is 78.9 Å². The summed E-state index contributed by atoms with van der Waals surface area (Å²) < 4.78 is 17.5. The van der Waals surface area contributed by atoms with Crippen molar-refractivity contribution < 1.29 is 28.6 Å². The monoisotopic (exact) mass is 494 g/mol. The van der Waals surface area contributed by atoms with Crippen molar-refractivity contribution in [3.63, 3.8) is 0 Å². The molecule has 6 aliphatic carbocycles. The molecule has 194 valence electrons. The van der Waals surface area contributed by atoms with E-state index in [0.717, 1.165) is 74.5 Å². The Morgan fingerprint density at radius 2 is 0.972 bits per heavy atom. The first-order valence-electron chi connectivity index (χ1n) is 14.1. The van der Waals surface area contributed by atoms with Crippen molar-refractivity contribution in [1.29, 1.82) is 0 Å². The van der Waals surface area contributed by atoms with E-state index in [9.17, 15) is 14.4 Å². The highest BCUT2D eigenvalue weighted by Gasteiger charge is 2.42. The van der Waals surface area contributed by atoms with Crippen LogP contribution in [0.2, 0.25) is 0 Å². The van der Waals surface area contributed by atoms with Gasteiger partial charge < -0.3 is 14.2 Å². The van der Waals surface area contributed by atoms with E-state index in [4.69, 9.17) is 14.2 Å². The molecule has 6 atom stereocenters. The van der Waals surface area contributed by atoms with E-state index in [-0.39, 0.29) is 37.7 Å². The van der Waals surface area contributed by atoms with Crippen LogP contribution in [0.5, 0.6) is 0 Å². The van der Waals surface area contributed by atoms with E-state index in [0.29, 0.717) is 41.9 Å². The second-order valence-electron chi connectivity index (χ2n) is 12.3. The molecular formula is C30H38O6. The molecule has 0 heterocycles. The van der Waals surface area contributed by atoms with Gasteiger partial charge in [0, 0.05) is 16.7 Å². The van der Waals surface area contributed by atoms with Crippen LogP contribution in [0.1, 0.15) is 71.1 Å². The van der Waals surface area contributed by atoms with Gasteiger partial charge in [-0.25, -0.2) is 14.4 Å². The number of fused-ring (bicyclic) bond motifs is 6. The summed E-state index contributed by atoms with van der Waals surface area (Å²) >= 11 is 0. The van der Waals surface area contributed by atoms with Gasteiger partial charge in [-0.15, -0.1) is 0 Å². The first-order valence-corrected chi connectivity index (χ1v) is 14.1. The van der Waals surface area contributed by atoms with Crippen molar-refractivity contribution in [2.24, 2.45) is 40.9 Å². The van der Waals surface area contributed by atoms with Crippen molar-refractivity contribution >= 4 is 17.9 Å². The van der Waals surface area contributed by atoms with Crippen LogP contribution in [0.3, 0.4) is 0 Å². The molecule has 6 nitrogen and oxygen atoms in total. The number of allylic oxidation sites excluding steroid dienone is 3. The molecule has 3 saturated carbocycles. The van der Waals surface area contributed by atoms with Gasteiger partial charge >= 0.3 is 17.9 Å². The van der Waals surface area contributed by atoms with Gasteiger partial charge in [0.2, 0.25) is 0 Å². The summed E-state index contributed by atoms with van der Waals surface area (Å²) in [5.74, 6) is 1.61. The Labute approximate surface area is 213 Å². The molecule has 6 heteroatoms. The number of hydrogen-bond acceptors (Lipinski definition) is 6. The lowest BCUT2D eigenvalue weighted by molar-refractivity contribution is -0.158. The van der Waals surface area contributed by atoms with Gasteiger partial charge in [-0.05, 0) is 99.7 Å². The SMILES string of the molecule is CCC(COC(=O)C1=CC2CCC1C2)(COC(=O)C1=CC2CCC1C2)COC(=O)C1=CC2CCC1C2. The molecule has 0 radical (unpaired) electrons. The predicted octanol–water partition coefficient (Wildman–Crippen LogP) is 5.08. The third kappa shape index (κ3) is 4.45. The Balaban J connectivity index is 1.12. The average Bonchev–Trinajstić information content (AvgIpc) is 3.74. The zero-order chi connectivity index (χ0) is 24.9. The largest absolute Gasteiger partial charge is 0.461 e. The van der Waals surface area contributed by atoms with Crippen LogP contribution in [0.25, 0.3) is 0 Å². The lowest BCUT2D eigenvalue weighted by Crippen LogP contribution is -2.40. The quantitative estimate of drug-likeness (QED) is 0.311. The molecule has 0 saturated heterocycles. The van der Waals surface area contributed by atoms with Gasteiger partial charge in [0.25, 0.3) is 0 Å². The Hall–Kier alpha value is -2.37. The maximum Gasteiger partial charge on any atom is 0.333 e. The molecule has 0 spiro atoms. The Bertz CT molecular complexity index is 908. The lowest BCUT2D eigenvalue weighted by Gasteiger charge is -2.32. The minimum absolute atomic E-state index is 0.0633. The molecule has 6 rings (SSSR count). The fourth-order valence-corrected chi connectivity index (χ4v) is 7.56. The first kappa shape index (κ1) is 24.0. The number of hydrogen-bond donors (Lipinski definition) is 0. The van der Waals surface area contributed by atoms with Gasteiger partial charge in [-0.1, -0.05) is 25.2 Å². The molecule has 0 aliphatic heterocycles. The summed E-state index contributed by atoms with van der Waals surface area (Å²) in [4.78, 5) is 38.8. The van der Waals surface area contributed by atoms with Crippen LogP contribution < -0.4 is 0 Å². The molecule has 36 heavy (non-hydrogen) atoms. The number of rotatable bonds is 10. The molecule has 0 amide bonds. The van der Waals surface area contributed by atoms with E-state index >= 15 is 0 Å². The molecule has 3 fully saturated rings. The molecule has 6 unspecified atom stereocenters. The van der Waals surface area contributed by atoms with Crippen molar-refractivity contribution in [1.82, 2.24) is 0 Å². The third-order valence-electron chi connectivity index (χ3n) is 9.97. The van der Waals surface area contributed by atoms with E-state index in [2.05, 4.69) is 18.2 Å². The number of ether oxygens (including phenoxy) is 3. The van der Waals surface area contributed by atoms with Gasteiger partial charge in [0.15, 0.2) is 0 Å². The molecule has 6 bridgehead atoms. The van der Waals surface area contributed by atoms with Crippen molar-refractivity contribution in [2.75, 3.05) is 19.8 Å². The van der Waals surface area contributed by atoms with Crippen LogP contribution in [0.15, 0.2) is 34.9 Å². The smallest absolute Gasteiger partial charge is 0.333 e. The summed E-state index contributed by atoms with van der Waals surface area (Å²) in [6.45, 7) is 2.16. The molecular weight excluding hydrogens is 456 g/mol. The van der Waals surface area contributed by atoms with E-state index in [1.165, 1.54) is 0 Å². The Morgan fingerprint density at radius 1 is 0.639 bits per heavy atom. The number of carbonyl (C=O) groups excluding carboxylic acids is 3. The fraction of sp³-hybridized carbons (Fsp3) is 0.700. The lowest BCUT2D eigenvalue weighted by atomic mass is 9.87. The minimum Gasteiger partial charge on any atom is -0.461 e. The average molecular weight is 495 g/mol. The van der Waals surface area contributed by atoms with Crippen molar-refractivity contribution in [3.8, 4) is 0 Å². The van der Waals surface area contributed by atoms with Gasteiger partial charge in [-0.2, -0.15) is 0 Å². The number of esters is 3. The summed E-state index contributed by atoms with van der Waals surface area (Å²) in [7, 11) is 0. The van der Waals surface area contributed by atoms with Crippen LogP contribution in [0.4, 0.5) is 0 Å². The Morgan fingerprint density at radius 3 is 1.19 bits per heavy atom. The highest BCUT2D eigenvalue weighted by atomic mass is 16.6. The number of carbonyl (C=O) groups is 3. The Kier molecular flexibility index (Phi) is 6.33. The van der Waals surface area contributed by atoms with Crippen molar-refractivity contribution in [3.05, 3.63) is 34.9 Å². The highest BCUT2D eigenvalue weighted by molar-refractivity contribution is 5.91. The summed E-state index contributed by atoms with van der Waals surface area (Å²) in [5.41, 5.74) is 1.62. The van der Waals surface area contributed by atoms with Crippen LogP contribution in [-0.2, 0) is 28.6 Å². The maximum atomic E-state index is 12.9. The minimum atomic E-state index is -0.768. The van der Waals surface area contributed by atoms with Crippen molar-refractivity contribution in [2.45, 2.75) is 71.1 Å². The standard InChI is InChI=1S/C30H38O6/c1-2-30(15-34-27(31)24-12-18-3-6-21(24)9-18,16-35-28(32)25-13-19-4-7-22(25)10-19)17-36-29(33)26-14-20-5-8-23(26)11-20/h12-14,18-23H,2-11,15-17H2,1H3. The highest BCUT2D eigenvalue weighted by Crippen LogP contribution is 2.46. The predicted molar refractivity (Wildman–Crippen MR) is 132 cm³/mol. The van der Waals surface area contributed by atoms with Gasteiger partial charge in [-0.3, -0.25) is 0 Å². The zero-order valence-corrected chi connectivity index (χ0v) is 21.3. The summed E-state index contributed by atoms with van der Waals surface area (Å²) in [6.07, 6.45) is 16.5. The van der Waals surface area contributed by atoms with Crippen LogP contribution >= 0.6 is 0 Å². The first-order chi connectivity index (χ1) is 17.4. The zero-order valence-electron chi connectivity index (χ0n) is 21.3. The van der Waals surface area contributed by atoms with E-state index in [1.807, 2.05) is 6.92 Å². The normalized spacial score (nSPS) is 34.8. The van der Waals surface area contributed by atoms with Crippen LogP contribution in [-0.4, -0.2) is 37.7 Å². The summed E-state index contributed by atoms with van der Waals surface area (Å²) in [6, 6.07) is 0. The second kappa shape index (κ2) is 9.50.